The van der Waals surface area contributed by atoms with Crippen LogP contribution in [-0.4, -0.2) is 42.0 Å². The standard InChI is InChI=1S/C11H21N3O.2ClH/c1-7-5-14(9-3-4-9)6-10(7)13-11(15)8(2)12;;/h7-10H,3-6,12H2,1-2H3,(H,13,15);2*1H/t7?,8-,10?;;/m1../s1. The van der Waals surface area contributed by atoms with E-state index in [9.17, 15) is 4.79 Å². The van der Waals surface area contributed by atoms with Crippen LogP contribution in [0.2, 0.25) is 0 Å². The predicted molar refractivity (Wildman–Crippen MR) is 73.8 cm³/mol. The number of carbonyl (C=O) groups excluding carboxylic acids is 1. The molecule has 4 nitrogen and oxygen atoms in total. The molecule has 1 amide bonds. The average molecular weight is 284 g/mol. The number of nitrogens with one attached hydrogen (secondary N) is 1. The minimum absolute atomic E-state index is 0. The highest BCUT2D eigenvalue weighted by Crippen LogP contribution is 2.31. The first kappa shape index (κ1) is 17.0. The molecule has 3 atom stereocenters. The number of likely N-dealkylation sites (tertiary alicyclic amines) is 1. The molecule has 0 spiro atoms. The quantitative estimate of drug-likeness (QED) is 0.805. The highest BCUT2D eigenvalue weighted by Gasteiger charge is 2.38. The lowest BCUT2D eigenvalue weighted by Gasteiger charge is -2.18. The van der Waals surface area contributed by atoms with Crippen LogP contribution in [0.3, 0.4) is 0 Å². The molecule has 2 rings (SSSR count). The van der Waals surface area contributed by atoms with E-state index in [1.807, 2.05) is 0 Å². The minimum atomic E-state index is -0.396. The fourth-order valence-electron chi connectivity index (χ4n) is 2.24. The summed E-state index contributed by atoms with van der Waals surface area (Å²) in [5, 5.41) is 3.04. The Morgan fingerprint density at radius 2 is 1.94 bits per heavy atom. The molecule has 1 heterocycles. The SMILES string of the molecule is CC1CN(C2CC2)CC1NC(=O)[C@@H](C)N.Cl.Cl. The molecular formula is C11H23Cl2N3O. The average Bonchev–Trinajstić information content (AvgIpc) is 2.93. The van der Waals surface area contributed by atoms with Gasteiger partial charge < -0.3 is 11.1 Å². The van der Waals surface area contributed by atoms with Gasteiger partial charge in [0.2, 0.25) is 5.91 Å². The van der Waals surface area contributed by atoms with Gasteiger partial charge in [0, 0.05) is 25.2 Å². The van der Waals surface area contributed by atoms with Crippen LogP contribution in [0.15, 0.2) is 0 Å². The van der Waals surface area contributed by atoms with Crippen molar-refractivity contribution in [2.45, 2.75) is 44.8 Å². The molecule has 1 aliphatic carbocycles. The molecule has 0 aromatic heterocycles. The molecule has 1 saturated carbocycles. The van der Waals surface area contributed by atoms with Gasteiger partial charge in [-0.05, 0) is 25.7 Å². The van der Waals surface area contributed by atoms with Gasteiger partial charge in [-0.1, -0.05) is 6.92 Å². The maximum Gasteiger partial charge on any atom is 0.236 e. The summed E-state index contributed by atoms with van der Waals surface area (Å²) >= 11 is 0. The molecule has 102 valence electrons. The summed E-state index contributed by atoms with van der Waals surface area (Å²) in [6, 6.07) is 0.695. The number of halogens is 2. The van der Waals surface area contributed by atoms with Crippen molar-refractivity contribution in [1.82, 2.24) is 10.2 Å². The molecule has 6 heteroatoms. The third kappa shape index (κ3) is 4.28. The molecule has 1 aliphatic heterocycles. The molecule has 2 aliphatic rings. The van der Waals surface area contributed by atoms with Crippen LogP contribution in [-0.2, 0) is 4.79 Å². The summed E-state index contributed by atoms with van der Waals surface area (Å²) in [6.07, 6.45) is 2.67. The summed E-state index contributed by atoms with van der Waals surface area (Å²) in [5.74, 6) is 0.526. The van der Waals surface area contributed by atoms with Crippen LogP contribution in [0.25, 0.3) is 0 Å². The van der Waals surface area contributed by atoms with E-state index in [-0.39, 0.29) is 30.7 Å². The zero-order valence-electron chi connectivity index (χ0n) is 10.4. The minimum Gasteiger partial charge on any atom is -0.350 e. The largest absolute Gasteiger partial charge is 0.350 e. The molecule has 0 bridgehead atoms. The van der Waals surface area contributed by atoms with Crippen LogP contribution in [0.4, 0.5) is 0 Å². The van der Waals surface area contributed by atoms with Gasteiger partial charge in [0.25, 0.3) is 0 Å². The Kier molecular flexibility index (Phi) is 6.77. The van der Waals surface area contributed by atoms with Crippen LogP contribution in [0.1, 0.15) is 26.7 Å². The van der Waals surface area contributed by atoms with Crippen LogP contribution in [0.5, 0.6) is 0 Å². The summed E-state index contributed by atoms with van der Waals surface area (Å²) in [4.78, 5) is 14.0. The molecule has 0 aromatic carbocycles. The van der Waals surface area contributed by atoms with Gasteiger partial charge in [-0.15, -0.1) is 24.8 Å². The first-order valence-corrected chi connectivity index (χ1v) is 5.88. The maximum absolute atomic E-state index is 11.5. The molecule has 2 fully saturated rings. The number of hydrogen-bond acceptors (Lipinski definition) is 3. The number of hydrogen-bond donors (Lipinski definition) is 2. The van der Waals surface area contributed by atoms with E-state index in [4.69, 9.17) is 5.73 Å². The Balaban J connectivity index is 0.00000128. The van der Waals surface area contributed by atoms with Crippen molar-refractivity contribution in [3.63, 3.8) is 0 Å². The molecule has 3 N–H and O–H groups in total. The summed E-state index contributed by atoms with van der Waals surface area (Å²) in [5.41, 5.74) is 5.54. The third-order valence-electron chi connectivity index (χ3n) is 3.45. The van der Waals surface area contributed by atoms with Crippen molar-refractivity contribution in [2.24, 2.45) is 11.7 Å². The number of carbonyl (C=O) groups is 1. The zero-order chi connectivity index (χ0) is 11.0. The molecule has 2 unspecified atom stereocenters. The first-order valence-electron chi connectivity index (χ1n) is 5.88. The normalized spacial score (nSPS) is 30.1. The summed E-state index contributed by atoms with van der Waals surface area (Å²) < 4.78 is 0. The third-order valence-corrected chi connectivity index (χ3v) is 3.45. The van der Waals surface area contributed by atoms with Gasteiger partial charge in [-0.3, -0.25) is 9.69 Å². The van der Waals surface area contributed by atoms with Crippen molar-refractivity contribution in [1.29, 1.82) is 0 Å². The van der Waals surface area contributed by atoms with Gasteiger partial charge in [-0.25, -0.2) is 0 Å². The lowest BCUT2D eigenvalue weighted by atomic mass is 10.1. The van der Waals surface area contributed by atoms with Gasteiger partial charge in [-0.2, -0.15) is 0 Å². The van der Waals surface area contributed by atoms with Crippen molar-refractivity contribution in [3.8, 4) is 0 Å². The predicted octanol–water partition coefficient (Wildman–Crippen LogP) is 0.776. The van der Waals surface area contributed by atoms with Crippen LogP contribution >= 0.6 is 24.8 Å². The Morgan fingerprint density at radius 1 is 1.35 bits per heavy atom. The summed E-state index contributed by atoms with van der Waals surface area (Å²) in [7, 11) is 0. The van der Waals surface area contributed by atoms with Crippen molar-refractivity contribution in [3.05, 3.63) is 0 Å². The van der Waals surface area contributed by atoms with Gasteiger partial charge >= 0.3 is 0 Å². The molecule has 1 saturated heterocycles. The Morgan fingerprint density at radius 3 is 2.41 bits per heavy atom. The molecule has 0 aromatic rings. The maximum atomic E-state index is 11.5. The smallest absolute Gasteiger partial charge is 0.236 e. The van der Waals surface area contributed by atoms with Gasteiger partial charge in [0.15, 0.2) is 0 Å². The number of rotatable bonds is 3. The fraction of sp³-hybridized carbons (Fsp3) is 0.909. The van der Waals surface area contributed by atoms with Crippen molar-refractivity contribution >= 4 is 30.7 Å². The number of amides is 1. The Labute approximate surface area is 115 Å². The van der Waals surface area contributed by atoms with E-state index < -0.39 is 6.04 Å². The van der Waals surface area contributed by atoms with Gasteiger partial charge in [0.1, 0.15) is 0 Å². The molecule has 0 radical (unpaired) electrons. The van der Waals surface area contributed by atoms with E-state index in [0.29, 0.717) is 12.0 Å². The highest BCUT2D eigenvalue weighted by atomic mass is 35.5. The van der Waals surface area contributed by atoms with Crippen molar-refractivity contribution < 1.29 is 4.79 Å². The second kappa shape index (κ2) is 6.78. The Hall–Kier alpha value is -0.0300. The lowest BCUT2D eigenvalue weighted by molar-refractivity contribution is -0.122. The molecule has 17 heavy (non-hydrogen) atoms. The molecular weight excluding hydrogens is 261 g/mol. The van der Waals surface area contributed by atoms with E-state index in [0.717, 1.165) is 19.1 Å². The van der Waals surface area contributed by atoms with E-state index in [1.165, 1.54) is 12.8 Å². The number of nitrogens with zero attached hydrogens (tertiary/aromatic N) is 1. The number of nitrogens with two attached hydrogens (primary N) is 1. The zero-order valence-corrected chi connectivity index (χ0v) is 12.0. The fourth-order valence-corrected chi connectivity index (χ4v) is 2.24. The first-order chi connectivity index (χ1) is 7.08. The van der Waals surface area contributed by atoms with Crippen LogP contribution in [0, 0.1) is 5.92 Å². The van der Waals surface area contributed by atoms with E-state index in [2.05, 4.69) is 17.1 Å². The summed E-state index contributed by atoms with van der Waals surface area (Å²) in [6.45, 7) is 6.06. The van der Waals surface area contributed by atoms with E-state index >= 15 is 0 Å². The highest BCUT2D eigenvalue weighted by molar-refractivity contribution is 5.85. The lowest BCUT2D eigenvalue weighted by Crippen LogP contribution is -2.46. The topological polar surface area (TPSA) is 58.4 Å². The van der Waals surface area contributed by atoms with Crippen LogP contribution < -0.4 is 11.1 Å². The monoisotopic (exact) mass is 283 g/mol. The Bertz CT molecular complexity index is 259. The van der Waals surface area contributed by atoms with E-state index in [1.54, 1.807) is 6.92 Å². The van der Waals surface area contributed by atoms with Crippen molar-refractivity contribution in [2.75, 3.05) is 13.1 Å². The second-order valence-corrected chi connectivity index (χ2v) is 5.07. The second-order valence-electron chi connectivity index (χ2n) is 5.07. The van der Waals surface area contributed by atoms with Gasteiger partial charge in [0.05, 0.1) is 6.04 Å².